The molecule has 1 unspecified atom stereocenters. The molecule has 0 amide bonds. The number of aryl methyl sites for hydroxylation is 2. The van der Waals surface area contributed by atoms with E-state index >= 15 is 0 Å². The molecule has 0 bridgehead atoms. The predicted octanol–water partition coefficient (Wildman–Crippen LogP) is 4.02. The van der Waals surface area contributed by atoms with E-state index in [1.54, 1.807) is 11.3 Å². The third kappa shape index (κ3) is 8.67. The minimum absolute atomic E-state index is 0. The fraction of sp³-hybridized carbons (Fsp3) is 0.810. The highest BCUT2D eigenvalue weighted by molar-refractivity contribution is 14.0. The van der Waals surface area contributed by atoms with Gasteiger partial charge in [0.05, 0.1) is 23.8 Å². The van der Waals surface area contributed by atoms with Crippen molar-refractivity contribution in [2.45, 2.75) is 70.5 Å². The van der Waals surface area contributed by atoms with Gasteiger partial charge in [0.2, 0.25) is 0 Å². The number of unbranched alkanes of at least 4 members (excludes halogenated alkanes) is 1. The molecule has 2 aliphatic heterocycles. The first-order valence-corrected chi connectivity index (χ1v) is 11.7. The number of nitrogens with zero attached hydrogens (tertiary/aromatic N) is 3. The van der Waals surface area contributed by atoms with Gasteiger partial charge in [0, 0.05) is 44.4 Å². The van der Waals surface area contributed by atoms with Gasteiger partial charge < -0.3 is 19.7 Å². The fourth-order valence-corrected chi connectivity index (χ4v) is 4.69. The zero-order valence-corrected chi connectivity index (χ0v) is 21.0. The standard InChI is InChI=1S/C21H36N4O2S.HI/c1-17-16-28-20(24-17)8-3-5-11-23-21(22-2)25-12-9-18(10-13-25)27-15-19-7-4-6-14-26-19;/h16,18-19H,3-15H2,1-2H3,(H,22,23);1H. The van der Waals surface area contributed by atoms with E-state index < -0.39 is 0 Å². The van der Waals surface area contributed by atoms with Crippen molar-refractivity contribution in [3.8, 4) is 0 Å². The van der Waals surface area contributed by atoms with Gasteiger partial charge in [0.25, 0.3) is 0 Å². The minimum Gasteiger partial charge on any atom is -0.376 e. The molecule has 1 N–H and O–H groups in total. The third-order valence-corrected chi connectivity index (χ3v) is 6.54. The first-order chi connectivity index (χ1) is 13.7. The summed E-state index contributed by atoms with van der Waals surface area (Å²) >= 11 is 1.77. The number of nitrogens with one attached hydrogen (secondary N) is 1. The molecular weight excluding hydrogens is 499 g/mol. The van der Waals surface area contributed by atoms with E-state index in [9.17, 15) is 0 Å². The highest BCUT2D eigenvalue weighted by Gasteiger charge is 2.23. The Hall–Kier alpha value is -0.450. The summed E-state index contributed by atoms with van der Waals surface area (Å²) in [6.45, 7) is 6.70. The molecular formula is C21H37IN4O2S. The van der Waals surface area contributed by atoms with E-state index in [-0.39, 0.29) is 24.0 Å². The lowest BCUT2D eigenvalue weighted by atomic mass is 10.1. The van der Waals surface area contributed by atoms with Crippen molar-refractivity contribution >= 4 is 41.3 Å². The molecule has 0 aromatic carbocycles. The van der Waals surface area contributed by atoms with Crippen molar-refractivity contribution in [1.82, 2.24) is 15.2 Å². The van der Waals surface area contributed by atoms with Crippen molar-refractivity contribution in [3.05, 3.63) is 16.1 Å². The minimum atomic E-state index is 0. The highest BCUT2D eigenvalue weighted by Crippen LogP contribution is 2.18. The van der Waals surface area contributed by atoms with Crippen LogP contribution in [-0.2, 0) is 15.9 Å². The van der Waals surface area contributed by atoms with Crippen LogP contribution in [0.4, 0.5) is 0 Å². The number of ether oxygens (including phenoxy) is 2. The van der Waals surface area contributed by atoms with Gasteiger partial charge in [-0.05, 0) is 58.3 Å². The van der Waals surface area contributed by atoms with E-state index in [1.165, 1.54) is 17.8 Å². The monoisotopic (exact) mass is 536 g/mol. The van der Waals surface area contributed by atoms with Gasteiger partial charge in [0.1, 0.15) is 0 Å². The van der Waals surface area contributed by atoms with Gasteiger partial charge in [-0.1, -0.05) is 0 Å². The molecule has 0 radical (unpaired) electrons. The average Bonchev–Trinajstić information content (AvgIpc) is 3.15. The molecule has 0 spiro atoms. The second kappa shape index (κ2) is 13.8. The topological polar surface area (TPSA) is 59.0 Å². The maximum Gasteiger partial charge on any atom is 0.193 e. The van der Waals surface area contributed by atoms with Gasteiger partial charge >= 0.3 is 0 Å². The van der Waals surface area contributed by atoms with E-state index in [0.29, 0.717) is 12.2 Å². The zero-order chi connectivity index (χ0) is 19.6. The number of rotatable bonds is 8. The molecule has 3 rings (SSSR count). The fourth-order valence-electron chi connectivity index (χ4n) is 3.87. The highest BCUT2D eigenvalue weighted by atomic mass is 127. The summed E-state index contributed by atoms with van der Waals surface area (Å²) in [7, 11) is 1.88. The number of halogens is 1. The van der Waals surface area contributed by atoms with Crippen LogP contribution in [0, 0.1) is 6.92 Å². The molecule has 2 saturated heterocycles. The van der Waals surface area contributed by atoms with E-state index in [0.717, 1.165) is 83.0 Å². The Labute approximate surface area is 196 Å². The Morgan fingerprint density at radius 1 is 1.31 bits per heavy atom. The van der Waals surface area contributed by atoms with Crippen molar-refractivity contribution in [2.75, 3.05) is 39.9 Å². The zero-order valence-electron chi connectivity index (χ0n) is 17.9. The lowest BCUT2D eigenvalue weighted by Gasteiger charge is -2.35. The molecule has 3 heterocycles. The molecule has 166 valence electrons. The predicted molar refractivity (Wildman–Crippen MR) is 131 cm³/mol. The smallest absolute Gasteiger partial charge is 0.193 e. The van der Waals surface area contributed by atoms with E-state index in [1.807, 2.05) is 7.05 Å². The summed E-state index contributed by atoms with van der Waals surface area (Å²) in [5.41, 5.74) is 1.14. The lowest BCUT2D eigenvalue weighted by molar-refractivity contribution is -0.0721. The van der Waals surface area contributed by atoms with Crippen molar-refractivity contribution in [1.29, 1.82) is 0 Å². The SMILES string of the molecule is CN=C(NCCCCc1nc(C)cs1)N1CCC(OCC2CCCCO2)CC1.I. The molecule has 0 aliphatic carbocycles. The normalized spacial score (nSPS) is 21.1. The van der Waals surface area contributed by atoms with Gasteiger partial charge in [-0.15, -0.1) is 35.3 Å². The summed E-state index contributed by atoms with van der Waals surface area (Å²) in [6.07, 6.45) is 9.81. The van der Waals surface area contributed by atoms with Crippen molar-refractivity contribution in [2.24, 2.45) is 4.99 Å². The van der Waals surface area contributed by atoms with Crippen LogP contribution in [0.3, 0.4) is 0 Å². The van der Waals surface area contributed by atoms with Crippen LogP contribution in [0.2, 0.25) is 0 Å². The van der Waals surface area contributed by atoms with Crippen molar-refractivity contribution < 1.29 is 9.47 Å². The second-order valence-corrected chi connectivity index (χ2v) is 8.76. The van der Waals surface area contributed by atoms with Crippen LogP contribution >= 0.6 is 35.3 Å². The largest absolute Gasteiger partial charge is 0.376 e. The number of guanidine groups is 1. The Morgan fingerprint density at radius 3 is 2.79 bits per heavy atom. The van der Waals surface area contributed by atoms with Crippen LogP contribution in [0.25, 0.3) is 0 Å². The number of thiazole rings is 1. The number of piperidine rings is 1. The van der Waals surface area contributed by atoms with Crippen LogP contribution in [-0.4, -0.2) is 67.9 Å². The Bertz CT molecular complexity index is 599. The summed E-state index contributed by atoms with van der Waals surface area (Å²) in [4.78, 5) is 11.4. The molecule has 29 heavy (non-hydrogen) atoms. The summed E-state index contributed by atoms with van der Waals surface area (Å²) in [5, 5.41) is 6.91. The quantitative estimate of drug-likeness (QED) is 0.236. The first-order valence-electron chi connectivity index (χ1n) is 10.8. The molecule has 1 aromatic heterocycles. The van der Waals surface area contributed by atoms with E-state index in [4.69, 9.17) is 9.47 Å². The average molecular weight is 537 g/mol. The van der Waals surface area contributed by atoms with Gasteiger partial charge in [-0.25, -0.2) is 4.98 Å². The Morgan fingerprint density at radius 2 is 2.14 bits per heavy atom. The number of hydrogen-bond donors (Lipinski definition) is 1. The number of aliphatic imine (C=N–C) groups is 1. The number of aromatic nitrogens is 1. The van der Waals surface area contributed by atoms with Gasteiger partial charge in [0.15, 0.2) is 5.96 Å². The summed E-state index contributed by atoms with van der Waals surface area (Å²) in [6, 6.07) is 0. The van der Waals surface area contributed by atoms with Gasteiger partial charge in [-0.3, -0.25) is 4.99 Å². The molecule has 1 aromatic rings. The van der Waals surface area contributed by atoms with Crippen LogP contribution in [0.15, 0.2) is 10.4 Å². The third-order valence-electron chi connectivity index (χ3n) is 5.51. The summed E-state index contributed by atoms with van der Waals surface area (Å²) < 4.78 is 11.9. The molecule has 0 saturated carbocycles. The molecule has 6 nitrogen and oxygen atoms in total. The Kier molecular flexibility index (Phi) is 11.8. The lowest BCUT2D eigenvalue weighted by Crippen LogP contribution is -2.47. The maximum atomic E-state index is 6.12. The first kappa shape index (κ1) is 24.8. The maximum absolute atomic E-state index is 6.12. The second-order valence-electron chi connectivity index (χ2n) is 7.82. The Balaban J connectivity index is 0.00000300. The van der Waals surface area contributed by atoms with E-state index in [2.05, 4.69) is 32.5 Å². The van der Waals surface area contributed by atoms with Crippen LogP contribution in [0.5, 0.6) is 0 Å². The van der Waals surface area contributed by atoms with Gasteiger partial charge in [-0.2, -0.15) is 0 Å². The number of hydrogen-bond acceptors (Lipinski definition) is 5. The molecule has 8 heteroatoms. The molecule has 2 fully saturated rings. The van der Waals surface area contributed by atoms with Crippen LogP contribution < -0.4 is 5.32 Å². The number of likely N-dealkylation sites (tertiary alicyclic amines) is 1. The summed E-state index contributed by atoms with van der Waals surface area (Å²) in [5.74, 6) is 1.03. The van der Waals surface area contributed by atoms with Crippen molar-refractivity contribution in [3.63, 3.8) is 0 Å². The molecule has 2 aliphatic rings. The van der Waals surface area contributed by atoms with Crippen LogP contribution in [0.1, 0.15) is 55.6 Å². The molecule has 1 atom stereocenters.